The molecule has 0 fully saturated rings. The second kappa shape index (κ2) is 13.8. The Bertz CT molecular complexity index is 455. The molecule has 124 valence electrons. The Hall–Kier alpha value is -0.890. The molecule has 0 unspecified atom stereocenters. The van der Waals surface area contributed by atoms with Crippen molar-refractivity contribution < 1.29 is 4.74 Å². The van der Waals surface area contributed by atoms with Crippen LogP contribution in [0.4, 0.5) is 0 Å². The van der Waals surface area contributed by atoms with Crippen LogP contribution in [0, 0.1) is 0 Å². The van der Waals surface area contributed by atoms with Gasteiger partial charge in [-0.2, -0.15) is 11.8 Å². The minimum absolute atomic E-state index is 0. The van der Waals surface area contributed by atoms with Crippen LogP contribution in [-0.4, -0.2) is 44.7 Å². The van der Waals surface area contributed by atoms with E-state index < -0.39 is 0 Å². The minimum atomic E-state index is 0. The van der Waals surface area contributed by atoms with Crippen molar-refractivity contribution in [1.82, 2.24) is 10.6 Å². The number of guanidine groups is 1. The molecule has 0 amide bonds. The van der Waals surface area contributed by atoms with E-state index in [0.717, 1.165) is 42.7 Å². The fraction of sp³-hybridized carbons (Fsp3) is 0.438. The highest BCUT2D eigenvalue weighted by Gasteiger charge is 2.02. The predicted molar refractivity (Wildman–Crippen MR) is 109 cm³/mol. The number of halogens is 1. The summed E-state index contributed by atoms with van der Waals surface area (Å²) in [5, 5.41) is 6.61. The van der Waals surface area contributed by atoms with Crippen LogP contribution in [0.15, 0.2) is 41.9 Å². The van der Waals surface area contributed by atoms with Gasteiger partial charge in [-0.1, -0.05) is 24.3 Å². The molecule has 0 aliphatic carbocycles. The van der Waals surface area contributed by atoms with Crippen molar-refractivity contribution in [2.45, 2.75) is 6.42 Å². The lowest BCUT2D eigenvalue weighted by Crippen LogP contribution is -2.39. The van der Waals surface area contributed by atoms with Gasteiger partial charge in [0.15, 0.2) is 5.96 Å². The summed E-state index contributed by atoms with van der Waals surface area (Å²) in [7, 11) is 3.49. The molecule has 22 heavy (non-hydrogen) atoms. The van der Waals surface area contributed by atoms with E-state index in [9.17, 15) is 0 Å². The Morgan fingerprint density at radius 1 is 1.32 bits per heavy atom. The van der Waals surface area contributed by atoms with E-state index in [2.05, 4.69) is 28.3 Å². The molecule has 0 atom stereocenters. The molecule has 2 N–H and O–H groups in total. The maximum absolute atomic E-state index is 5.35. The van der Waals surface area contributed by atoms with Crippen LogP contribution in [0.5, 0.6) is 5.75 Å². The highest BCUT2D eigenvalue weighted by atomic mass is 127. The first kappa shape index (κ1) is 21.1. The molecular formula is C16H26IN3OS. The number of para-hydroxylation sites is 1. The molecule has 0 aliphatic heterocycles. The maximum Gasteiger partial charge on any atom is 0.191 e. The van der Waals surface area contributed by atoms with Crippen molar-refractivity contribution in [2.24, 2.45) is 4.99 Å². The smallest absolute Gasteiger partial charge is 0.191 e. The average Bonchev–Trinajstić information content (AvgIpc) is 2.53. The first-order valence-corrected chi connectivity index (χ1v) is 8.22. The molecule has 0 radical (unpaired) electrons. The van der Waals surface area contributed by atoms with E-state index in [1.807, 2.05) is 36.0 Å². The van der Waals surface area contributed by atoms with Crippen molar-refractivity contribution in [3.63, 3.8) is 0 Å². The number of hydrogen-bond donors (Lipinski definition) is 2. The number of thioether (sulfide) groups is 1. The van der Waals surface area contributed by atoms with Crippen LogP contribution in [-0.2, 0) is 6.42 Å². The van der Waals surface area contributed by atoms with Gasteiger partial charge in [-0.3, -0.25) is 4.99 Å². The van der Waals surface area contributed by atoms with E-state index >= 15 is 0 Å². The van der Waals surface area contributed by atoms with Gasteiger partial charge in [-0.15, -0.1) is 30.6 Å². The molecule has 0 aromatic heterocycles. The summed E-state index contributed by atoms with van der Waals surface area (Å²) >= 11 is 1.85. The van der Waals surface area contributed by atoms with Crippen LogP contribution < -0.4 is 15.4 Å². The normalized spacial score (nSPS) is 10.5. The third-order valence-corrected chi connectivity index (χ3v) is 3.84. The van der Waals surface area contributed by atoms with Gasteiger partial charge in [0.05, 0.1) is 7.11 Å². The maximum atomic E-state index is 5.35. The molecule has 1 rings (SSSR count). The second-order valence-corrected chi connectivity index (χ2v) is 5.50. The summed E-state index contributed by atoms with van der Waals surface area (Å²) in [6.07, 6.45) is 2.82. The standard InChI is InChI=1S/C16H25N3OS.HI/c1-4-12-21-13-11-19-16(17-2)18-10-9-14-7-5-6-8-15(14)20-3;/h4-8H,1,9-13H2,2-3H3,(H2,17,18,19);1H. The molecule has 0 aliphatic rings. The van der Waals surface area contributed by atoms with Crippen molar-refractivity contribution >= 4 is 41.7 Å². The first-order valence-electron chi connectivity index (χ1n) is 7.07. The largest absolute Gasteiger partial charge is 0.496 e. The Kier molecular flexibility index (Phi) is 13.2. The highest BCUT2D eigenvalue weighted by Crippen LogP contribution is 2.17. The van der Waals surface area contributed by atoms with Gasteiger partial charge in [0, 0.05) is 31.6 Å². The lowest BCUT2D eigenvalue weighted by Gasteiger charge is -2.12. The third kappa shape index (κ3) is 8.53. The van der Waals surface area contributed by atoms with Crippen LogP contribution >= 0.6 is 35.7 Å². The Morgan fingerprint density at radius 2 is 2.05 bits per heavy atom. The van der Waals surface area contributed by atoms with E-state index in [0.29, 0.717) is 0 Å². The van der Waals surface area contributed by atoms with Gasteiger partial charge >= 0.3 is 0 Å². The number of nitrogens with zero attached hydrogens (tertiary/aromatic N) is 1. The lowest BCUT2D eigenvalue weighted by atomic mass is 10.1. The van der Waals surface area contributed by atoms with Gasteiger partial charge in [0.25, 0.3) is 0 Å². The summed E-state index contributed by atoms with van der Waals surface area (Å²) in [5.41, 5.74) is 1.20. The molecule has 0 saturated carbocycles. The van der Waals surface area contributed by atoms with E-state index in [1.165, 1.54) is 5.56 Å². The van der Waals surface area contributed by atoms with Crippen LogP contribution in [0.2, 0.25) is 0 Å². The molecule has 0 heterocycles. The van der Waals surface area contributed by atoms with Crippen LogP contribution in [0.1, 0.15) is 5.56 Å². The highest BCUT2D eigenvalue weighted by molar-refractivity contribution is 14.0. The van der Waals surface area contributed by atoms with E-state index in [4.69, 9.17) is 4.74 Å². The van der Waals surface area contributed by atoms with Crippen molar-refractivity contribution in [3.8, 4) is 5.75 Å². The molecule has 1 aromatic rings. The Labute approximate surface area is 155 Å². The molecule has 0 saturated heterocycles. The summed E-state index contributed by atoms with van der Waals surface area (Å²) in [6.45, 7) is 5.42. The number of rotatable bonds is 9. The zero-order chi connectivity index (χ0) is 15.3. The fourth-order valence-corrected chi connectivity index (χ4v) is 2.43. The second-order valence-electron chi connectivity index (χ2n) is 4.35. The number of hydrogen-bond acceptors (Lipinski definition) is 3. The van der Waals surface area contributed by atoms with Gasteiger partial charge in [0.2, 0.25) is 0 Å². The van der Waals surface area contributed by atoms with Crippen LogP contribution in [0.25, 0.3) is 0 Å². The molecule has 1 aromatic carbocycles. The van der Waals surface area contributed by atoms with Crippen LogP contribution in [0.3, 0.4) is 0 Å². The first-order chi connectivity index (χ1) is 10.3. The van der Waals surface area contributed by atoms with Crippen molar-refractivity contribution in [2.75, 3.05) is 38.8 Å². The summed E-state index contributed by atoms with van der Waals surface area (Å²) in [4.78, 5) is 4.21. The predicted octanol–water partition coefficient (Wildman–Crippen LogP) is 2.94. The number of ether oxygens (including phenoxy) is 1. The number of aliphatic imine (C=N–C) groups is 1. The number of methoxy groups -OCH3 is 1. The average molecular weight is 435 g/mol. The molecule has 4 nitrogen and oxygen atoms in total. The van der Waals surface area contributed by atoms with Crippen molar-refractivity contribution in [1.29, 1.82) is 0 Å². The number of benzene rings is 1. The summed E-state index contributed by atoms with van der Waals surface area (Å²) in [5.74, 6) is 3.80. The lowest BCUT2D eigenvalue weighted by molar-refractivity contribution is 0.409. The fourth-order valence-electron chi connectivity index (χ4n) is 1.85. The van der Waals surface area contributed by atoms with Gasteiger partial charge in [-0.05, 0) is 18.1 Å². The van der Waals surface area contributed by atoms with Gasteiger partial charge < -0.3 is 15.4 Å². The topological polar surface area (TPSA) is 45.7 Å². The minimum Gasteiger partial charge on any atom is -0.496 e. The van der Waals surface area contributed by atoms with Gasteiger partial charge in [-0.25, -0.2) is 0 Å². The van der Waals surface area contributed by atoms with Crippen molar-refractivity contribution in [3.05, 3.63) is 42.5 Å². The summed E-state index contributed by atoms with van der Waals surface area (Å²) < 4.78 is 5.35. The molecular weight excluding hydrogens is 409 g/mol. The monoisotopic (exact) mass is 435 g/mol. The van der Waals surface area contributed by atoms with Gasteiger partial charge in [0.1, 0.15) is 5.75 Å². The Balaban J connectivity index is 0.00000441. The quantitative estimate of drug-likeness (QED) is 0.206. The molecule has 0 bridgehead atoms. The van der Waals surface area contributed by atoms with E-state index in [1.54, 1.807) is 14.2 Å². The summed E-state index contributed by atoms with van der Waals surface area (Å²) in [6, 6.07) is 8.08. The Morgan fingerprint density at radius 3 is 2.73 bits per heavy atom. The zero-order valence-corrected chi connectivity index (χ0v) is 16.4. The molecule has 0 spiro atoms. The zero-order valence-electron chi connectivity index (χ0n) is 13.3. The molecule has 6 heteroatoms. The SMILES string of the molecule is C=CCSCCNC(=NC)NCCc1ccccc1OC.I. The number of nitrogens with one attached hydrogen (secondary N) is 2. The van der Waals surface area contributed by atoms with E-state index in [-0.39, 0.29) is 24.0 Å². The third-order valence-electron chi connectivity index (χ3n) is 2.88.